The molecule has 0 saturated carbocycles. The maximum atomic E-state index is 12.8. The van der Waals surface area contributed by atoms with E-state index in [1.54, 1.807) is 23.3 Å². The van der Waals surface area contributed by atoms with Crippen LogP contribution in [0, 0.1) is 6.92 Å². The summed E-state index contributed by atoms with van der Waals surface area (Å²) in [5.74, 6) is 0.929. The van der Waals surface area contributed by atoms with Gasteiger partial charge in [-0.15, -0.1) is 0 Å². The number of hydrogen-bond donors (Lipinski definition) is 2. The summed E-state index contributed by atoms with van der Waals surface area (Å²) in [6.07, 6.45) is 3.07. The Morgan fingerprint density at radius 3 is 2.81 bits per heavy atom. The summed E-state index contributed by atoms with van der Waals surface area (Å²) in [7, 11) is 1.79. The van der Waals surface area contributed by atoms with Gasteiger partial charge < -0.3 is 10.6 Å². The van der Waals surface area contributed by atoms with Crippen LogP contribution < -0.4 is 16.2 Å². The van der Waals surface area contributed by atoms with Gasteiger partial charge in [0.15, 0.2) is 0 Å². The number of aromatic nitrogens is 5. The van der Waals surface area contributed by atoms with Crippen molar-refractivity contribution in [2.45, 2.75) is 32.4 Å². The van der Waals surface area contributed by atoms with Crippen LogP contribution in [-0.4, -0.2) is 36.2 Å². The average Bonchev–Trinajstić information content (AvgIpc) is 3.21. The minimum absolute atomic E-state index is 0.0560. The first-order valence-electron chi connectivity index (χ1n) is 8.83. The highest BCUT2D eigenvalue weighted by Crippen LogP contribution is 2.15. The number of fused-ring (bicyclic) bond motifs is 1. The molecule has 0 aliphatic carbocycles. The second-order valence-electron chi connectivity index (χ2n) is 6.63. The molecule has 0 radical (unpaired) electrons. The molecule has 27 heavy (non-hydrogen) atoms. The molecule has 2 N–H and O–H groups in total. The van der Waals surface area contributed by atoms with Crippen molar-refractivity contribution in [2.75, 3.05) is 5.32 Å². The zero-order valence-corrected chi connectivity index (χ0v) is 15.2. The number of nitrogens with one attached hydrogen (secondary N) is 2. The number of carbonyl (C=O) groups excluding carboxylic acids is 1. The Morgan fingerprint density at radius 1 is 1.26 bits per heavy atom. The lowest BCUT2D eigenvalue weighted by molar-refractivity contribution is 0.243. The van der Waals surface area contributed by atoms with E-state index < -0.39 is 6.03 Å². The summed E-state index contributed by atoms with van der Waals surface area (Å²) in [5, 5.41) is 9.80. The molecule has 1 atom stereocenters. The van der Waals surface area contributed by atoms with Crippen LogP contribution in [0.4, 0.5) is 10.5 Å². The molecule has 9 nitrogen and oxygen atoms in total. The number of rotatable bonds is 3. The monoisotopic (exact) mass is 367 g/mol. The van der Waals surface area contributed by atoms with E-state index in [0.29, 0.717) is 12.2 Å². The Hall–Kier alpha value is -3.36. The molecule has 3 aromatic rings. The number of nitrogens with zero attached hydrogens (tertiary/aromatic N) is 5. The van der Waals surface area contributed by atoms with Crippen LogP contribution in [0.25, 0.3) is 5.69 Å². The minimum Gasteiger partial charge on any atom is -0.333 e. The molecule has 2 aromatic heterocycles. The molecule has 4 rings (SSSR count). The molecule has 0 fully saturated rings. The summed E-state index contributed by atoms with van der Waals surface area (Å²) in [6, 6.07) is 8.87. The molecule has 1 aromatic carbocycles. The zero-order valence-electron chi connectivity index (χ0n) is 15.2. The lowest BCUT2D eigenvalue weighted by Crippen LogP contribution is -2.43. The maximum absolute atomic E-state index is 12.8. The van der Waals surface area contributed by atoms with Gasteiger partial charge in [-0.25, -0.2) is 19.1 Å². The second kappa shape index (κ2) is 6.75. The van der Waals surface area contributed by atoms with Gasteiger partial charge in [-0.2, -0.15) is 5.10 Å². The fourth-order valence-corrected chi connectivity index (χ4v) is 3.40. The first-order chi connectivity index (χ1) is 13.0. The third kappa shape index (κ3) is 3.12. The summed E-state index contributed by atoms with van der Waals surface area (Å²) in [6.45, 7) is 2.38. The predicted molar refractivity (Wildman–Crippen MR) is 100 cm³/mol. The minimum atomic E-state index is -0.394. The van der Waals surface area contributed by atoms with Crippen molar-refractivity contribution >= 4 is 11.7 Å². The van der Waals surface area contributed by atoms with Gasteiger partial charge in [-0.1, -0.05) is 18.2 Å². The van der Waals surface area contributed by atoms with E-state index in [-0.39, 0.29) is 17.3 Å². The molecular weight excluding hydrogens is 346 g/mol. The van der Waals surface area contributed by atoms with Crippen molar-refractivity contribution in [3.8, 4) is 5.69 Å². The van der Waals surface area contributed by atoms with E-state index >= 15 is 0 Å². The predicted octanol–water partition coefficient (Wildman–Crippen LogP) is 1.21. The highest BCUT2D eigenvalue weighted by molar-refractivity contribution is 5.90. The maximum Gasteiger partial charge on any atom is 0.319 e. The van der Waals surface area contributed by atoms with Crippen molar-refractivity contribution in [1.29, 1.82) is 0 Å². The fraction of sp³-hybridized carbons (Fsp3) is 0.333. The van der Waals surface area contributed by atoms with E-state index in [1.165, 1.54) is 11.0 Å². The summed E-state index contributed by atoms with van der Waals surface area (Å²) < 4.78 is 5.06. The molecular formula is C18H21N7O2. The highest BCUT2D eigenvalue weighted by atomic mass is 16.2. The van der Waals surface area contributed by atoms with E-state index in [0.717, 1.165) is 24.4 Å². The number of anilines is 1. The highest BCUT2D eigenvalue weighted by Gasteiger charge is 2.23. The van der Waals surface area contributed by atoms with Crippen molar-refractivity contribution in [1.82, 2.24) is 29.4 Å². The number of hydrogen-bond acceptors (Lipinski definition) is 4. The zero-order chi connectivity index (χ0) is 19.0. The summed E-state index contributed by atoms with van der Waals surface area (Å²) in [5.41, 5.74) is 1.43. The van der Waals surface area contributed by atoms with Gasteiger partial charge in [0.1, 0.15) is 17.8 Å². The van der Waals surface area contributed by atoms with Gasteiger partial charge in [0.25, 0.3) is 5.56 Å². The van der Waals surface area contributed by atoms with Gasteiger partial charge in [0.05, 0.1) is 24.0 Å². The smallest absolute Gasteiger partial charge is 0.319 e. The van der Waals surface area contributed by atoms with Gasteiger partial charge in [0.2, 0.25) is 0 Å². The molecule has 1 unspecified atom stereocenters. The molecule has 3 heterocycles. The molecule has 1 aliphatic rings. The number of carbonyl (C=O) groups is 1. The number of urea groups is 1. The van der Waals surface area contributed by atoms with Gasteiger partial charge in [0, 0.05) is 13.5 Å². The van der Waals surface area contributed by atoms with E-state index in [1.807, 2.05) is 30.3 Å². The molecule has 140 valence electrons. The Bertz CT molecular complexity index is 1030. The third-order valence-corrected chi connectivity index (χ3v) is 4.93. The number of para-hydroxylation sites is 1. The van der Waals surface area contributed by atoms with Crippen LogP contribution in [0.5, 0.6) is 0 Å². The molecule has 2 amide bonds. The van der Waals surface area contributed by atoms with Crippen LogP contribution in [0.15, 0.2) is 41.5 Å². The molecule has 1 aliphatic heterocycles. The van der Waals surface area contributed by atoms with E-state index in [9.17, 15) is 9.59 Å². The topological polar surface area (TPSA) is 98.8 Å². The molecule has 0 spiro atoms. The molecule has 0 bridgehead atoms. The first kappa shape index (κ1) is 17.1. The Balaban J connectivity index is 1.51. The number of amides is 2. The normalized spacial score (nSPS) is 16.0. The van der Waals surface area contributed by atoms with Crippen molar-refractivity contribution in [3.63, 3.8) is 0 Å². The van der Waals surface area contributed by atoms with Gasteiger partial charge in [-0.05, 0) is 25.5 Å². The quantitative estimate of drug-likeness (QED) is 0.727. The largest absolute Gasteiger partial charge is 0.333 e. The SMILES string of the molecule is Cc1c(NC(=O)NC2CCc3ncnn3C2)c(=O)n(-c2ccccc2)n1C. The van der Waals surface area contributed by atoms with Crippen LogP contribution in [0.3, 0.4) is 0 Å². The second-order valence-corrected chi connectivity index (χ2v) is 6.63. The van der Waals surface area contributed by atoms with Crippen LogP contribution in [0.2, 0.25) is 0 Å². The Labute approximate surface area is 155 Å². The Kier molecular flexibility index (Phi) is 4.27. The van der Waals surface area contributed by atoms with Crippen molar-refractivity contribution < 1.29 is 4.79 Å². The van der Waals surface area contributed by atoms with Crippen molar-refractivity contribution in [3.05, 3.63) is 58.5 Å². The average molecular weight is 367 g/mol. The van der Waals surface area contributed by atoms with Crippen LogP contribution >= 0.6 is 0 Å². The third-order valence-electron chi connectivity index (χ3n) is 4.93. The molecule has 0 saturated heterocycles. The summed E-state index contributed by atoms with van der Waals surface area (Å²) >= 11 is 0. The van der Waals surface area contributed by atoms with Gasteiger partial charge in [-0.3, -0.25) is 9.48 Å². The summed E-state index contributed by atoms with van der Waals surface area (Å²) in [4.78, 5) is 29.5. The van der Waals surface area contributed by atoms with E-state index in [4.69, 9.17) is 0 Å². The lowest BCUT2D eigenvalue weighted by Gasteiger charge is -2.23. The van der Waals surface area contributed by atoms with Crippen LogP contribution in [0.1, 0.15) is 17.9 Å². The first-order valence-corrected chi connectivity index (χ1v) is 8.83. The van der Waals surface area contributed by atoms with E-state index in [2.05, 4.69) is 20.7 Å². The molecule has 9 heteroatoms. The lowest BCUT2D eigenvalue weighted by atomic mass is 10.1. The number of benzene rings is 1. The number of aryl methyl sites for hydroxylation is 1. The van der Waals surface area contributed by atoms with Gasteiger partial charge >= 0.3 is 6.03 Å². The fourth-order valence-electron chi connectivity index (χ4n) is 3.40. The van der Waals surface area contributed by atoms with Crippen molar-refractivity contribution in [2.24, 2.45) is 7.05 Å². The van der Waals surface area contributed by atoms with Crippen LogP contribution in [-0.2, 0) is 20.0 Å². The standard InChI is InChI=1S/C18H21N7O2/c1-12-16(17(26)25(23(12)2)14-6-4-3-5-7-14)22-18(27)21-13-8-9-15-19-11-20-24(15)10-13/h3-7,11,13H,8-10H2,1-2H3,(H2,21,22,27). The Morgan fingerprint density at radius 2 is 2.04 bits per heavy atom.